The number of ether oxygens (including phenoxy) is 3. The van der Waals surface area contributed by atoms with E-state index in [-0.39, 0.29) is 23.6 Å². The third kappa shape index (κ3) is 5.51. The molecule has 0 saturated carbocycles. The van der Waals surface area contributed by atoms with Gasteiger partial charge in [0, 0.05) is 19.0 Å². The number of carbonyl (C=O) groups excluding carboxylic acids is 2. The highest BCUT2D eigenvalue weighted by molar-refractivity contribution is 5.98. The molecule has 0 bridgehead atoms. The van der Waals surface area contributed by atoms with Gasteiger partial charge in [-0.1, -0.05) is 0 Å². The van der Waals surface area contributed by atoms with Crippen LogP contribution in [0.3, 0.4) is 0 Å². The van der Waals surface area contributed by atoms with Gasteiger partial charge >= 0.3 is 12.3 Å². The molecule has 4 rings (SSSR count). The van der Waals surface area contributed by atoms with E-state index in [2.05, 4.69) is 19.7 Å². The first-order valence-electron chi connectivity index (χ1n) is 9.84. The Labute approximate surface area is 185 Å². The molecule has 176 valence electrons. The summed E-state index contributed by atoms with van der Waals surface area (Å²) in [7, 11) is 0. The summed E-state index contributed by atoms with van der Waals surface area (Å²) in [4.78, 5) is 39.0. The van der Waals surface area contributed by atoms with Gasteiger partial charge in [-0.25, -0.2) is 19.7 Å². The van der Waals surface area contributed by atoms with Crippen molar-refractivity contribution in [3.05, 3.63) is 30.7 Å². The molecule has 2 aliphatic rings. The van der Waals surface area contributed by atoms with Crippen molar-refractivity contribution in [2.75, 3.05) is 36.0 Å². The van der Waals surface area contributed by atoms with E-state index in [0.717, 1.165) is 0 Å². The van der Waals surface area contributed by atoms with Gasteiger partial charge in [0.1, 0.15) is 11.9 Å². The molecule has 0 aliphatic carbocycles. The summed E-state index contributed by atoms with van der Waals surface area (Å²) in [5.41, 5.74) is 5.47. The summed E-state index contributed by atoms with van der Waals surface area (Å²) in [6.07, 6.45) is -1.76. The highest BCUT2D eigenvalue weighted by Gasteiger charge is 2.36. The second-order valence-electron chi connectivity index (χ2n) is 7.33. The van der Waals surface area contributed by atoms with Crippen LogP contribution in [0.2, 0.25) is 0 Å². The molecule has 2 saturated heterocycles. The molecule has 2 N–H and O–H groups in total. The Kier molecular flexibility index (Phi) is 6.07. The van der Waals surface area contributed by atoms with E-state index in [1.54, 1.807) is 4.90 Å². The molecular weight excluding hydrogens is 449 g/mol. The summed E-state index contributed by atoms with van der Waals surface area (Å²) >= 11 is 0. The van der Waals surface area contributed by atoms with E-state index in [0.29, 0.717) is 37.7 Å². The first kappa shape index (κ1) is 22.4. The van der Waals surface area contributed by atoms with Crippen molar-refractivity contribution < 1.29 is 37.0 Å². The lowest BCUT2D eigenvalue weighted by atomic mass is 10.2. The second kappa shape index (κ2) is 8.96. The third-order valence-electron chi connectivity index (χ3n) is 4.88. The number of alkyl halides is 3. The number of nitrogens with two attached hydrogens (primary N) is 1. The molecule has 2 aliphatic heterocycles. The van der Waals surface area contributed by atoms with Crippen LogP contribution in [-0.4, -0.2) is 71.6 Å². The third-order valence-corrected chi connectivity index (χ3v) is 4.88. The molecule has 2 amide bonds. The molecule has 1 atom stereocenters. The van der Waals surface area contributed by atoms with Gasteiger partial charge in [-0.2, -0.15) is 13.2 Å². The standard InChI is InChI=1S/C19H19F3N6O5/c20-19(21,22)10-31-15-2-1-12(7-24-15)32-14-3-4-28(16(14)29)11-5-25-18(26-6-11)27-8-13(9-27)33-17(23)30/h1-2,5-7,13-14H,3-4,8-10H2,(H2,23,30)/t14-/m1/s1. The highest BCUT2D eigenvalue weighted by Crippen LogP contribution is 2.26. The van der Waals surface area contributed by atoms with Gasteiger partial charge in [-0.3, -0.25) is 4.79 Å². The first-order valence-corrected chi connectivity index (χ1v) is 9.84. The van der Waals surface area contributed by atoms with E-state index in [1.165, 1.54) is 35.6 Å². The summed E-state index contributed by atoms with van der Waals surface area (Å²) < 4.78 is 51.6. The monoisotopic (exact) mass is 468 g/mol. The average molecular weight is 468 g/mol. The summed E-state index contributed by atoms with van der Waals surface area (Å²) in [5.74, 6) is 0.154. The Morgan fingerprint density at radius 1 is 1.15 bits per heavy atom. The van der Waals surface area contributed by atoms with Crippen LogP contribution in [0.4, 0.5) is 29.6 Å². The zero-order chi connectivity index (χ0) is 23.6. The number of anilines is 2. The van der Waals surface area contributed by atoms with Crippen molar-refractivity contribution >= 4 is 23.6 Å². The van der Waals surface area contributed by atoms with Gasteiger partial charge in [0.15, 0.2) is 12.7 Å². The zero-order valence-electron chi connectivity index (χ0n) is 17.1. The predicted octanol–water partition coefficient (Wildman–Crippen LogP) is 1.28. The molecule has 0 radical (unpaired) electrons. The van der Waals surface area contributed by atoms with Gasteiger partial charge in [-0.15, -0.1) is 0 Å². The van der Waals surface area contributed by atoms with Gasteiger partial charge in [0.05, 0.1) is 37.4 Å². The Morgan fingerprint density at radius 2 is 1.88 bits per heavy atom. The summed E-state index contributed by atoms with van der Waals surface area (Å²) in [5, 5.41) is 0. The Balaban J connectivity index is 1.29. The molecule has 0 unspecified atom stereocenters. The molecule has 2 aromatic rings. The lowest BCUT2D eigenvalue weighted by Gasteiger charge is -2.37. The van der Waals surface area contributed by atoms with Crippen LogP contribution in [0, 0.1) is 0 Å². The molecular formula is C19H19F3N6O5. The summed E-state index contributed by atoms with van der Waals surface area (Å²) in [6, 6.07) is 2.62. The van der Waals surface area contributed by atoms with Gasteiger partial charge < -0.3 is 29.7 Å². The number of rotatable bonds is 7. The maximum Gasteiger partial charge on any atom is 0.422 e. The molecule has 0 spiro atoms. The normalized spacial score (nSPS) is 18.8. The van der Waals surface area contributed by atoms with E-state index < -0.39 is 25.0 Å². The molecule has 4 heterocycles. The van der Waals surface area contributed by atoms with Gasteiger partial charge in [0.25, 0.3) is 5.91 Å². The number of carbonyl (C=O) groups is 2. The van der Waals surface area contributed by atoms with Gasteiger partial charge in [-0.05, 0) is 6.07 Å². The predicted molar refractivity (Wildman–Crippen MR) is 106 cm³/mol. The lowest BCUT2D eigenvalue weighted by Crippen LogP contribution is -2.54. The SMILES string of the molecule is NC(=O)OC1CN(c2ncc(N3CC[C@@H](Oc4ccc(OCC(F)(F)F)nc4)C3=O)cn2)C1. The minimum Gasteiger partial charge on any atom is -0.479 e. The largest absolute Gasteiger partial charge is 0.479 e. The average Bonchev–Trinajstić information content (AvgIpc) is 3.09. The molecule has 11 nitrogen and oxygen atoms in total. The van der Waals surface area contributed by atoms with Crippen LogP contribution in [0.1, 0.15) is 6.42 Å². The number of primary amides is 1. The minimum absolute atomic E-state index is 0.203. The van der Waals surface area contributed by atoms with Crippen molar-refractivity contribution in [1.29, 1.82) is 0 Å². The van der Waals surface area contributed by atoms with Crippen molar-refractivity contribution in [3.8, 4) is 11.6 Å². The Hall–Kier alpha value is -3.84. The van der Waals surface area contributed by atoms with Crippen LogP contribution in [0.25, 0.3) is 0 Å². The van der Waals surface area contributed by atoms with Crippen LogP contribution >= 0.6 is 0 Å². The second-order valence-corrected chi connectivity index (χ2v) is 7.33. The van der Waals surface area contributed by atoms with Crippen LogP contribution < -0.4 is 25.0 Å². The van der Waals surface area contributed by atoms with Crippen LogP contribution in [0.15, 0.2) is 30.7 Å². The molecule has 2 aromatic heterocycles. The fourth-order valence-electron chi connectivity index (χ4n) is 3.32. The number of nitrogens with zero attached hydrogens (tertiary/aromatic N) is 5. The zero-order valence-corrected chi connectivity index (χ0v) is 17.1. The maximum absolute atomic E-state index is 12.7. The van der Waals surface area contributed by atoms with Crippen molar-refractivity contribution in [3.63, 3.8) is 0 Å². The first-order chi connectivity index (χ1) is 15.7. The highest BCUT2D eigenvalue weighted by atomic mass is 19.4. The number of hydrogen-bond donors (Lipinski definition) is 1. The van der Waals surface area contributed by atoms with Crippen LogP contribution in [0.5, 0.6) is 11.6 Å². The number of halogens is 3. The maximum atomic E-state index is 12.7. The molecule has 14 heteroatoms. The van der Waals surface area contributed by atoms with E-state index in [4.69, 9.17) is 15.2 Å². The number of aromatic nitrogens is 3. The fourth-order valence-corrected chi connectivity index (χ4v) is 3.32. The number of hydrogen-bond acceptors (Lipinski definition) is 9. The topological polar surface area (TPSA) is 133 Å². The smallest absolute Gasteiger partial charge is 0.422 e. The van der Waals surface area contributed by atoms with E-state index in [9.17, 15) is 22.8 Å². The van der Waals surface area contributed by atoms with Crippen LogP contribution in [-0.2, 0) is 9.53 Å². The Bertz CT molecular complexity index is 998. The molecule has 33 heavy (non-hydrogen) atoms. The van der Waals surface area contributed by atoms with Crippen molar-refractivity contribution in [2.24, 2.45) is 5.73 Å². The molecule has 0 aromatic carbocycles. The van der Waals surface area contributed by atoms with E-state index in [1.807, 2.05) is 0 Å². The van der Waals surface area contributed by atoms with Crippen molar-refractivity contribution in [2.45, 2.75) is 24.8 Å². The lowest BCUT2D eigenvalue weighted by molar-refractivity contribution is -0.154. The minimum atomic E-state index is -4.46. The van der Waals surface area contributed by atoms with Gasteiger partial charge in [0.2, 0.25) is 11.8 Å². The quantitative estimate of drug-likeness (QED) is 0.638. The molecule has 2 fully saturated rings. The van der Waals surface area contributed by atoms with E-state index >= 15 is 0 Å². The number of amides is 2. The van der Waals surface area contributed by atoms with Crippen molar-refractivity contribution in [1.82, 2.24) is 15.0 Å². The summed E-state index contributed by atoms with van der Waals surface area (Å²) in [6.45, 7) is -0.217. The fraction of sp³-hybridized carbons (Fsp3) is 0.421. The Morgan fingerprint density at radius 3 is 2.48 bits per heavy atom. The number of pyridine rings is 1.